The van der Waals surface area contributed by atoms with Crippen molar-refractivity contribution >= 4 is 17.3 Å². The molecule has 4 nitrogen and oxygen atoms in total. The summed E-state index contributed by atoms with van der Waals surface area (Å²) >= 11 is 0. The minimum atomic E-state index is -0.457. The van der Waals surface area contributed by atoms with E-state index in [1.54, 1.807) is 12.1 Å². The van der Waals surface area contributed by atoms with Crippen LogP contribution in [0.2, 0.25) is 0 Å². The summed E-state index contributed by atoms with van der Waals surface area (Å²) in [7, 11) is 0. The summed E-state index contributed by atoms with van der Waals surface area (Å²) in [6.45, 7) is 4.76. The van der Waals surface area contributed by atoms with Gasteiger partial charge in [0.15, 0.2) is 0 Å². The third kappa shape index (κ3) is 5.29. The molecule has 0 heterocycles. The van der Waals surface area contributed by atoms with Crippen molar-refractivity contribution in [2.24, 2.45) is 5.92 Å². The van der Waals surface area contributed by atoms with Crippen LogP contribution in [0.5, 0.6) is 5.75 Å². The first-order valence-electron chi connectivity index (χ1n) is 7.56. The first-order chi connectivity index (χ1) is 11.1. The van der Waals surface area contributed by atoms with Crippen molar-refractivity contribution in [3.05, 3.63) is 54.3 Å². The Kier molecular flexibility index (Phi) is 5.97. The molecule has 2 aromatic carbocycles. The molecule has 5 heteroatoms. The van der Waals surface area contributed by atoms with Gasteiger partial charge in [-0.3, -0.25) is 4.79 Å². The third-order valence-corrected chi connectivity index (χ3v) is 3.05. The van der Waals surface area contributed by atoms with E-state index >= 15 is 0 Å². The van der Waals surface area contributed by atoms with E-state index in [-0.39, 0.29) is 18.1 Å². The maximum Gasteiger partial charge on any atom is 0.243 e. The summed E-state index contributed by atoms with van der Waals surface area (Å²) in [5, 5.41) is 5.55. The van der Waals surface area contributed by atoms with E-state index in [0.717, 1.165) is 5.69 Å². The predicted molar refractivity (Wildman–Crippen MR) is 90.3 cm³/mol. The quantitative estimate of drug-likeness (QED) is 0.814. The lowest BCUT2D eigenvalue weighted by Crippen LogP contribution is -2.22. The number of carbonyl (C=O) groups is 1. The van der Waals surface area contributed by atoms with Crippen LogP contribution in [0.4, 0.5) is 15.8 Å². The van der Waals surface area contributed by atoms with Gasteiger partial charge >= 0.3 is 0 Å². The largest absolute Gasteiger partial charge is 0.491 e. The molecule has 0 atom stereocenters. The molecule has 2 N–H and O–H groups in total. The minimum Gasteiger partial charge on any atom is -0.491 e. The Labute approximate surface area is 135 Å². The van der Waals surface area contributed by atoms with Gasteiger partial charge in [0.25, 0.3) is 0 Å². The predicted octanol–water partition coefficient (Wildman–Crippen LogP) is 3.91. The monoisotopic (exact) mass is 316 g/mol. The van der Waals surface area contributed by atoms with Crippen molar-refractivity contribution in [3.8, 4) is 5.75 Å². The van der Waals surface area contributed by atoms with Crippen LogP contribution in [0.15, 0.2) is 48.5 Å². The average Bonchev–Trinajstić information content (AvgIpc) is 2.54. The summed E-state index contributed by atoms with van der Waals surface area (Å²) in [4.78, 5) is 11.9. The number of benzene rings is 2. The van der Waals surface area contributed by atoms with E-state index in [4.69, 9.17) is 4.74 Å². The molecule has 0 aliphatic rings. The van der Waals surface area contributed by atoms with Crippen molar-refractivity contribution in [3.63, 3.8) is 0 Å². The smallest absolute Gasteiger partial charge is 0.243 e. The van der Waals surface area contributed by atoms with Gasteiger partial charge in [-0.25, -0.2) is 4.39 Å². The lowest BCUT2D eigenvalue weighted by atomic mass is 10.2. The number of halogens is 1. The van der Waals surface area contributed by atoms with Gasteiger partial charge in [-0.1, -0.05) is 38.1 Å². The van der Waals surface area contributed by atoms with Gasteiger partial charge in [0, 0.05) is 0 Å². The van der Waals surface area contributed by atoms with E-state index in [2.05, 4.69) is 24.5 Å². The van der Waals surface area contributed by atoms with Gasteiger partial charge in [0.2, 0.25) is 5.91 Å². The van der Waals surface area contributed by atoms with Crippen molar-refractivity contribution in [1.82, 2.24) is 0 Å². The van der Waals surface area contributed by atoms with Crippen molar-refractivity contribution in [2.45, 2.75) is 13.8 Å². The molecular weight excluding hydrogens is 295 g/mol. The molecule has 0 saturated heterocycles. The van der Waals surface area contributed by atoms with Crippen LogP contribution in [0, 0.1) is 11.7 Å². The van der Waals surface area contributed by atoms with Crippen LogP contribution < -0.4 is 15.4 Å². The summed E-state index contributed by atoms with van der Waals surface area (Å²) in [6, 6.07) is 13.5. The molecule has 2 rings (SSSR count). The van der Waals surface area contributed by atoms with Gasteiger partial charge in [-0.2, -0.15) is 0 Å². The third-order valence-electron chi connectivity index (χ3n) is 3.05. The number of amides is 1. The Morgan fingerprint density at radius 1 is 1.09 bits per heavy atom. The fourth-order valence-electron chi connectivity index (χ4n) is 1.93. The molecule has 0 unspecified atom stereocenters. The molecule has 0 aromatic heterocycles. The molecule has 1 amide bonds. The maximum atomic E-state index is 13.5. The molecule has 0 radical (unpaired) electrons. The van der Waals surface area contributed by atoms with E-state index in [9.17, 15) is 9.18 Å². The first kappa shape index (κ1) is 16.8. The van der Waals surface area contributed by atoms with Gasteiger partial charge in [0.1, 0.15) is 11.6 Å². The van der Waals surface area contributed by atoms with Crippen LogP contribution in [0.25, 0.3) is 0 Å². The molecule has 0 fully saturated rings. The lowest BCUT2D eigenvalue weighted by Gasteiger charge is -2.14. The van der Waals surface area contributed by atoms with E-state index in [1.807, 2.05) is 24.3 Å². The number of ether oxygens (including phenoxy) is 1. The van der Waals surface area contributed by atoms with Crippen LogP contribution in [0.1, 0.15) is 13.8 Å². The molecule has 0 spiro atoms. The fourth-order valence-corrected chi connectivity index (χ4v) is 1.93. The number of para-hydroxylation sites is 3. The highest BCUT2D eigenvalue weighted by Gasteiger charge is 2.08. The van der Waals surface area contributed by atoms with E-state index in [1.165, 1.54) is 12.1 Å². The number of anilines is 2. The molecule has 122 valence electrons. The number of carbonyl (C=O) groups excluding carboxylic acids is 1. The molecule has 0 aliphatic carbocycles. The Hall–Kier alpha value is -2.56. The van der Waals surface area contributed by atoms with Crippen molar-refractivity contribution in [1.29, 1.82) is 0 Å². The summed E-state index contributed by atoms with van der Waals surface area (Å²) in [6.07, 6.45) is 0. The Morgan fingerprint density at radius 2 is 1.74 bits per heavy atom. The highest BCUT2D eigenvalue weighted by atomic mass is 19.1. The van der Waals surface area contributed by atoms with Gasteiger partial charge in [0.05, 0.1) is 24.5 Å². The molecule has 0 aliphatic heterocycles. The second-order valence-corrected chi connectivity index (χ2v) is 5.58. The second kappa shape index (κ2) is 8.17. The number of nitrogens with one attached hydrogen (secondary N) is 2. The van der Waals surface area contributed by atoms with Crippen LogP contribution in [-0.4, -0.2) is 19.1 Å². The standard InChI is InChI=1S/C18H21FN2O2/c1-13(2)12-23-17-10-6-5-9-16(17)20-11-18(22)21-15-8-4-3-7-14(15)19/h3-10,13,20H,11-12H2,1-2H3,(H,21,22). The summed E-state index contributed by atoms with van der Waals surface area (Å²) in [5.41, 5.74) is 0.903. The van der Waals surface area contributed by atoms with Crippen molar-refractivity contribution in [2.75, 3.05) is 23.8 Å². The fraction of sp³-hybridized carbons (Fsp3) is 0.278. The molecule has 2 aromatic rings. The van der Waals surface area contributed by atoms with Gasteiger partial charge in [-0.15, -0.1) is 0 Å². The SMILES string of the molecule is CC(C)COc1ccccc1NCC(=O)Nc1ccccc1F. The number of hydrogen-bond acceptors (Lipinski definition) is 3. The second-order valence-electron chi connectivity index (χ2n) is 5.58. The summed E-state index contributed by atoms with van der Waals surface area (Å²) < 4.78 is 19.2. The molecular formula is C18H21FN2O2. The lowest BCUT2D eigenvalue weighted by molar-refractivity contribution is -0.114. The van der Waals surface area contributed by atoms with Crippen LogP contribution >= 0.6 is 0 Å². The van der Waals surface area contributed by atoms with E-state index in [0.29, 0.717) is 18.3 Å². The summed E-state index contributed by atoms with van der Waals surface area (Å²) in [5.74, 6) is 0.322. The normalized spacial score (nSPS) is 10.4. The number of rotatable bonds is 7. The molecule has 23 heavy (non-hydrogen) atoms. The zero-order valence-electron chi connectivity index (χ0n) is 13.3. The topological polar surface area (TPSA) is 50.4 Å². The van der Waals surface area contributed by atoms with Gasteiger partial charge < -0.3 is 15.4 Å². The average molecular weight is 316 g/mol. The Balaban J connectivity index is 1.93. The van der Waals surface area contributed by atoms with Crippen molar-refractivity contribution < 1.29 is 13.9 Å². The maximum absolute atomic E-state index is 13.5. The molecule has 0 saturated carbocycles. The van der Waals surface area contributed by atoms with Crippen LogP contribution in [-0.2, 0) is 4.79 Å². The Morgan fingerprint density at radius 3 is 2.43 bits per heavy atom. The van der Waals surface area contributed by atoms with Gasteiger partial charge in [-0.05, 0) is 30.2 Å². The molecule has 0 bridgehead atoms. The minimum absolute atomic E-state index is 0.0242. The Bertz CT molecular complexity index is 659. The van der Waals surface area contributed by atoms with Crippen LogP contribution in [0.3, 0.4) is 0 Å². The highest BCUT2D eigenvalue weighted by Crippen LogP contribution is 2.24. The highest BCUT2D eigenvalue weighted by molar-refractivity contribution is 5.94. The van der Waals surface area contributed by atoms with E-state index < -0.39 is 5.82 Å². The number of hydrogen-bond donors (Lipinski definition) is 2. The zero-order valence-corrected chi connectivity index (χ0v) is 13.3. The zero-order chi connectivity index (χ0) is 16.7. The first-order valence-corrected chi connectivity index (χ1v) is 7.56.